The van der Waals surface area contributed by atoms with Crippen molar-refractivity contribution in [3.63, 3.8) is 0 Å². The number of hydrogen-bond acceptors (Lipinski definition) is 5. The molecule has 1 fully saturated rings. The first-order valence-corrected chi connectivity index (χ1v) is 7.88. The first-order chi connectivity index (χ1) is 11.1. The quantitative estimate of drug-likeness (QED) is 0.845. The van der Waals surface area contributed by atoms with Crippen molar-refractivity contribution in [3.8, 4) is 0 Å². The molecule has 0 spiro atoms. The van der Waals surface area contributed by atoms with E-state index in [1.54, 1.807) is 34.2 Å². The summed E-state index contributed by atoms with van der Waals surface area (Å²) in [6.45, 7) is 2.17. The Morgan fingerprint density at radius 1 is 1.39 bits per heavy atom. The first-order valence-electron chi connectivity index (χ1n) is 7.88. The molecule has 0 radical (unpaired) electrons. The van der Waals surface area contributed by atoms with Crippen LogP contribution >= 0.6 is 0 Å². The molecule has 3 rings (SSSR count). The van der Waals surface area contributed by atoms with E-state index in [1.807, 2.05) is 20.3 Å². The molecular weight excluding hydrogens is 292 g/mol. The smallest absolute Gasteiger partial charge is 0.227 e. The van der Waals surface area contributed by atoms with Crippen molar-refractivity contribution >= 4 is 11.9 Å². The maximum atomic E-state index is 12.7. The van der Waals surface area contributed by atoms with Gasteiger partial charge in [-0.25, -0.2) is 9.97 Å². The summed E-state index contributed by atoms with van der Waals surface area (Å²) in [5.74, 6) is 0.878. The molecule has 3 heterocycles. The summed E-state index contributed by atoms with van der Waals surface area (Å²) >= 11 is 0. The summed E-state index contributed by atoms with van der Waals surface area (Å²) < 4.78 is 1.75. The third-order valence-corrected chi connectivity index (χ3v) is 4.16. The van der Waals surface area contributed by atoms with Crippen molar-refractivity contribution in [2.45, 2.75) is 19.4 Å². The van der Waals surface area contributed by atoms with E-state index in [2.05, 4.69) is 20.0 Å². The van der Waals surface area contributed by atoms with Gasteiger partial charge in [-0.3, -0.25) is 9.48 Å². The van der Waals surface area contributed by atoms with E-state index in [9.17, 15) is 4.79 Å². The number of piperidine rings is 1. The molecule has 1 saturated heterocycles. The van der Waals surface area contributed by atoms with Crippen molar-refractivity contribution in [1.82, 2.24) is 24.6 Å². The lowest BCUT2D eigenvalue weighted by Gasteiger charge is -2.33. The number of carbonyl (C=O) groups excluding carboxylic acids is 1. The fourth-order valence-electron chi connectivity index (χ4n) is 3.03. The molecule has 0 N–H and O–H groups in total. The summed E-state index contributed by atoms with van der Waals surface area (Å²) in [6, 6.07) is 1.80. The SMILES string of the molecule is CN(Cc1cnn(C)c1)C(=O)C1CCCN(c2ncccn2)C1. The van der Waals surface area contributed by atoms with E-state index in [1.165, 1.54) is 0 Å². The highest BCUT2D eigenvalue weighted by atomic mass is 16.2. The first kappa shape index (κ1) is 15.5. The molecule has 0 bridgehead atoms. The van der Waals surface area contributed by atoms with Gasteiger partial charge in [0.1, 0.15) is 0 Å². The van der Waals surface area contributed by atoms with Gasteiger partial charge in [-0.05, 0) is 18.9 Å². The van der Waals surface area contributed by atoms with E-state index in [-0.39, 0.29) is 11.8 Å². The second kappa shape index (κ2) is 6.76. The minimum Gasteiger partial charge on any atom is -0.341 e. The number of anilines is 1. The fourth-order valence-corrected chi connectivity index (χ4v) is 3.03. The van der Waals surface area contributed by atoms with Gasteiger partial charge in [-0.1, -0.05) is 0 Å². The molecule has 23 heavy (non-hydrogen) atoms. The van der Waals surface area contributed by atoms with E-state index < -0.39 is 0 Å². The zero-order valence-electron chi connectivity index (χ0n) is 13.6. The van der Waals surface area contributed by atoms with Crippen LogP contribution in [0, 0.1) is 5.92 Å². The van der Waals surface area contributed by atoms with Crippen molar-refractivity contribution in [2.24, 2.45) is 13.0 Å². The standard InChI is InChI=1S/C16H22N6O/c1-20(10-13-9-19-21(2)11-13)15(23)14-5-3-8-22(12-14)16-17-6-4-7-18-16/h4,6-7,9,11,14H,3,5,8,10,12H2,1-2H3. The van der Waals surface area contributed by atoms with Gasteiger partial charge >= 0.3 is 0 Å². The second-order valence-electron chi connectivity index (χ2n) is 6.05. The molecule has 1 amide bonds. The van der Waals surface area contributed by atoms with Gasteiger partial charge in [-0.2, -0.15) is 5.10 Å². The van der Waals surface area contributed by atoms with Gasteiger partial charge in [-0.15, -0.1) is 0 Å². The predicted molar refractivity (Wildman–Crippen MR) is 86.7 cm³/mol. The van der Waals surface area contributed by atoms with Crippen LogP contribution in [0.4, 0.5) is 5.95 Å². The van der Waals surface area contributed by atoms with E-state index >= 15 is 0 Å². The average molecular weight is 314 g/mol. The molecule has 1 aliphatic heterocycles. The maximum absolute atomic E-state index is 12.7. The number of aromatic nitrogens is 4. The number of amides is 1. The lowest BCUT2D eigenvalue weighted by atomic mass is 9.96. The van der Waals surface area contributed by atoms with Crippen LogP contribution in [0.15, 0.2) is 30.9 Å². The zero-order chi connectivity index (χ0) is 16.2. The Labute approximate surface area is 135 Å². The van der Waals surface area contributed by atoms with Crippen LogP contribution < -0.4 is 4.90 Å². The minimum atomic E-state index is -0.00534. The highest BCUT2D eigenvalue weighted by Gasteiger charge is 2.29. The van der Waals surface area contributed by atoms with Crippen molar-refractivity contribution < 1.29 is 4.79 Å². The second-order valence-corrected chi connectivity index (χ2v) is 6.05. The molecular formula is C16H22N6O. The normalized spacial score (nSPS) is 18.0. The Hall–Kier alpha value is -2.44. The van der Waals surface area contributed by atoms with Gasteiger partial charge < -0.3 is 9.80 Å². The van der Waals surface area contributed by atoms with E-state index in [0.29, 0.717) is 19.0 Å². The van der Waals surface area contributed by atoms with Crippen molar-refractivity contribution in [1.29, 1.82) is 0 Å². The maximum Gasteiger partial charge on any atom is 0.227 e. The Balaban J connectivity index is 1.62. The van der Waals surface area contributed by atoms with Gasteiger partial charge in [0.15, 0.2) is 0 Å². The average Bonchev–Trinajstić information content (AvgIpc) is 3.00. The van der Waals surface area contributed by atoms with Crippen LogP contribution in [0.5, 0.6) is 0 Å². The Bertz CT molecular complexity index is 656. The minimum absolute atomic E-state index is 0.00534. The third-order valence-electron chi connectivity index (χ3n) is 4.16. The Morgan fingerprint density at radius 3 is 2.87 bits per heavy atom. The fraction of sp³-hybridized carbons (Fsp3) is 0.500. The van der Waals surface area contributed by atoms with Crippen LogP contribution in [0.3, 0.4) is 0 Å². The molecule has 0 saturated carbocycles. The van der Waals surface area contributed by atoms with Crippen LogP contribution in [0.1, 0.15) is 18.4 Å². The molecule has 7 heteroatoms. The molecule has 1 atom stereocenters. The van der Waals surface area contributed by atoms with Crippen LogP contribution in [-0.2, 0) is 18.4 Å². The van der Waals surface area contributed by atoms with Gasteiger partial charge in [0.05, 0.1) is 12.1 Å². The summed E-state index contributed by atoms with van der Waals surface area (Å²) in [5.41, 5.74) is 1.04. The summed E-state index contributed by atoms with van der Waals surface area (Å²) in [4.78, 5) is 25.2. The summed E-state index contributed by atoms with van der Waals surface area (Å²) in [5, 5.41) is 4.15. The van der Waals surface area contributed by atoms with E-state index in [0.717, 1.165) is 24.9 Å². The summed E-state index contributed by atoms with van der Waals surface area (Å²) in [7, 11) is 3.73. The molecule has 0 aliphatic carbocycles. The van der Waals surface area contributed by atoms with Crippen molar-refractivity contribution in [2.75, 3.05) is 25.0 Å². The third kappa shape index (κ3) is 3.67. The lowest BCUT2D eigenvalue weighted by molar-refractivity contribution is -0.135. The molecule has 1 unspecified atom stereocenters. The highest BCUT2D eigenvalue weighted by Crippen LogP contribution is 2.22. The zero-order valence-corrected chi connectivity index (χ0v) is 13.6. The van der Waals surface area contributed by atoms with E-state index in [4.69, 9.17) is 0 Å². The van der Waals surface area contributed by atoms with Crippen LogP contribution in [-0.4, -0.2) is 50.7 Å². The van der Waals surface area contributed by atoms with Crippen LogP contribution in [0.25, 0.3) is 0 Å². The Morgan fingerprint density at radius 2 is 2.17 bits per heavy atom. The number of nitrogens with zero attached hydrogens (tertiary/aromatic N) is 6. The molecule has 122 valence electrons. The lowest BCUT2D eigenvalue weighted by Crippen LogP contribution is -2.44. The molecule has 7 nitrogen and oxygen atoms in total. The number of aryl methyl sites for hydroxylation is 1. The number of rotatable bonds is 4. The van der Waals surface area contributed by atoms with Gasteiger partial charge in [0.25, 0.3) is 0 Å². The van der Waals surface area contributed by atoms with Crippen LogP contribution in [0.2, 0.25) is 0 Å². The number of carbonyl (C=O) groups is 1. The highest BCUT2D eigenvalue weighted by molar-refractivity contribution is 5.79. The molecule has 2 aromatic heterocycles. The monoisotopic (exact) mass is 314 g/mol. The van der Waals surface area contributed by atoms with Gasteiger partial charge in [0.2, 0.25) is 11.9 Å². The molecule has 0 aromatic carbocycles. The topological polar surface area (TPSA) is 67.2 Å². The summed E-state index contributed by atoms with van der Waals surface area (Å²) in [6.07, 6.45) is 9.11. The predicted octanol–water partition coefficient (Wildman–Crippen LogP) is 1.09. The van der Waals surface area contributed by atoms with Crippen molar-refractivity contribution in [3.05, 3.63) is 36.4 Å². The molecule has 1 aliphatic rings. The largest absolute Gasteiger partial charge is 0.341 e. The van der Waals surface area contributed by atoms with Gasteiger partial charge in [0, 0.05) is 57.9 Å². The number of hydrogen-bond donors (Lipinski definition) is 0. The Kier molecular flexibility index (Phi) is 4.55. The molecule has 2 aromatic rings.